The van der Waals surface area contributed by atoms with Crippen LogP contribution in [0, 0.1) is 18.3 Å². The third-order valence-electron chi connectivity index (χ3n) is 4.08. The molecule has 3 heteroatoms. The topological polar surface area (TPSA) is 39.1 Å². The molecule has 1 saturated heterocycles. The summed E-state index contributed by atoms with van der Waals surface area (Å²) < 4.78 is 0. The van der Waals surface area contributed by atoms with Crippen LogP contribution in [-0.4, -0.2) is 31.1 Å². The molecule has 1 atom stereocenters. The molecule has 2 rings (SSSR count). The normalized spacial score (nSPS) is 17.0. The fourth-order valence-corrected chi connectivity index (χ4v) is 2.85. The first-order valence-electron chi connectivity index (χ1n) is 7.72. The Bertz CT molecular complexity index is 444. The van der Waals surface area contributed by atoms with E-state index in [1.807, 2.05) is 18.2 Å². The van der Waals surface area contributed by atoms with Gasteiger partial charge in [-0.25, -0.2) is 0 Å². The molecular weight excluding hydrogens is 246 g/mol. The average molecular weight is 271 g/mol. The van der Waals surface area contributed by atoms with E-state index in [-0.39, 0.29) is 6.04 Å². The van der Waals surface area contributed by atoms with E-state index in [4.69, 9.17) is 0 Å². The zero-order chi connectivity index (χ0) is 14.2. The van der Waals surface area contributed by atoms with Crippen molar-refractivity contribution in [2.45, 2.75) is 38.6 Å². The first-order chi connectivity index (χ1) is 9.81. The molecule has 1 aromatic rings. The highest BCUT2D eigenvalue weighted by molar-refractivity contribution is 5.32. The lowest BCUT2D eigenvalue weighted by Crippen LogP contribution is -2.24. The zero-order valence-electron chi connectivity index (χ0n) is 12.4. The van der Waals surface area contributed by atoms with Gasteiger partial charge in [0.1, 0.15) is 6.04 Å². The summed E-state index contributed by atoms with van der Waals surface area (Å²) in [5.74, 6) is 0. The summed E-state index contributed by atoms with van der Waals surface area (Å²) in [6, 6.07) is 10.3. The summed E-state index contributed by atoms with van der Waals surface area (Å²) in [6.45, 7) is 6.74. The van der Waals surface area contributed by atoms with Crippen LogP contribution in [0.1, 0.15) is 42.9 Å². The maximum absolute atomic E-state index is 9.31. The largest absolute Gasteiger partial charge is 0.303 e. The van der Waals surface area contributed by atoms with Gasteiger partial charge in [0.05, 0.1) is 6.07 Å². The number of benzene rings is 1. The SMILES string of the molecule is Cc1ccccc1C(C#N)NCCCCN1CCCC1. The highest BCUT2D eigenvalue weighted by Gasteiger charge is 2.12. The number of unbranched alkanes of at least 4 members (excludes halogenated alkanes) is 1. The maximum atomic E-state index is 9.31. The Morgan fingerprint density at radius 3 is 2.70 bits per heavy atom. The summed E-state index contributed by atoms with van der Waals surface area (Å²) in [5.41, 5.74) is 2.29. The minimum atomic E-state index is -0.178. The second kappa shape index (κ2) is 8.04. The van der Waals surface area contributed by atoms with Crippen LogP contribution < -0.4 is 5.32 Å². The Morgan fingerprint density at radius 1 is 1.25 bits per heavy atom. The lowest BCUT2D eigenvalue weighted by molar-refractivity contribution is 0.328. The van der Waals surface area contributed by atoms with E-state index >= 15 is 0 Å². The molecule has 1 aromatic carbocycles. The predicted molar refractivity (Wildman–Crippen MR) is 82.4 cm³/mol. The third-order valence-corrected chi connectivity index (χ3v) is 4.08. The lowest BCUT2D eigenvalue weighted by atomic mass is 10.0. The first kappa shape index (κ1) is 15.0. The van der Waals surface area contributed by atoms with Gasteiger partial charge < -0.3 is 4.90 Å². The summed E-state index contributed by atoms with van der Waals surface area (Å²) >= 11 is 0. The average Bonchev–Trinajstić information content (AvgIpc) is 2.97. The van der Waals surface area contributed by atoms with Crippen LogP contribution in [-0.2, 0) is 0 Å². The second-order valence-electron chi connectivity index (χ2n) is 5.63. The number of rotatable bonds is 7. The van der Waals surface area contributed by atoms with E-state index in [0.717, 1.165) is 18.5 Å². The van der Waals surface area contributed by atoms with Gasteiger partial charge in [0.15, 0.2) is 0 Å². The molecule has 1 aliphatic rings. The van der Waals surface area contributed by atoms with Gasteiger partial charge >= 0.3 is 0 Å². The summed E-state index contributed by atoms with van der Waals surface area (Å²) in [5, 5.41) is 12.7. The Morgan fingerprint density at radius 2 is 2.00 bits per heavy atom. The first-order valence-corrected chi connectivity index (χ1v) is 7.72. The molecule has 0 amide bonds. The number of nitrogens with one attached hydrogen (secondary N) is 1. The van der Waals surface area contributed by atoms with Gasteiger partial charge in [0.2, 0.25) is 0 Å². The molecule has 108 valence electrons. The van der Waals surface area contributed by atoms with Crippen molar-refractivity contribution >= 4 is 0 Å². The number of hydrogen-bond donors (Lipinski definition) is 1. The van der Waals surface area contributed by atoms with Gasteiger partial charge in [0.25, 0.3) is 0 Å². The highest BCUT2D eigenvalue weighted by atomic mass is 15.1. The van der Waals surface area contributed by atoms with Crippen LogP contribution in [0.2, 0.25) is 0 Å². The van der Waals surface area contributed by atoms with E-state index < -0.39 is 0 Å². The quantitative estimate of drug-likeness (QED) is 0.775. The third kappa shape index (κ3) is 4.33. The van der Waals surface area contributed by atoms with Gasteiger partial charge in [-0.15, -0.1) is 0 Å². The van der Waals surface area contributed by atoms with Gasteiger partial charge in [0, 0.05) is 0 Å². The van der Waals surface area contributed by atoms with Crippen molar-refractivity contribution < 1.29 is 0 Å². The highest BCUT2D eigenvalue weighted by Crippen LogP contribution is 2.16. The molecule has 1 heterocycles. The van der Waals surface area contributed by atoms with Crippen molar-refractivity contribution in [2.24, 2.45) is 0 Å². The number of nitriles is 1. The minimum Gasteiger partial charge on any atom is -0.303 e. The molecule has 0 radical (unpaired) electrons. The number of aryl methyl sites for hydroxylation is 1. The standard InChI is InChI=1S/C17H25N3/c1-15-8-2-3-9-16(15)17(14-18)19-10-4-5-11-20-12-6-7-13-20/h2-3,8-9,17,19H,4-7,10-13H2,1H3. The fourth-order valence-electron chi connectivity index (χ4n) is 2.85. The number of nitrogens with zero attached hydrogens (tertiary/aromatic N) is 2. The molecular formula is C17H25N3. The predicted octanol–water partition coefficient (Wildman–Crippen LogP) is 3.03. The zero-order valence-corrected chi connectivity index (χ0v) is 12.4. The molecule has 1 fully saturated rings. The van der Waals surface area contributed by atoms with Crippen LogP contribution in [0.25, 0.3) is 0 Å². The smallest absolute Gasteiger partial charge is 0.121 e. The summed E-state index contributed by atoms with van der Waals surface area (Å²) in [6.07, 6.45) is 5.09. The van der Waals surface area contributed by atoms with E-state index in [1.54, 1.807) is 0 Å². The fraction of sp³-hybridized carbons (Fsp3) is 0.588. The molecule has 1 unspecified atom stereocenters. The molecule has 0 bridgehead atoms. The Hall–Kier alpha value is -1.37. The van der Waals surface area contributed by atoms with E-state index in [2.05, 4.69) is 29.3 Å². The molecule has 0 saturated carbocycles. The van der Waals surface area contributed by atoms with Crippen molar-refractivity contribution in [3.8, 4) is 6.07 Å². The number of hydrogen-bond acceptors (Lipinski definition) is 3. The monoisotopic (exact) mass is 271 g/mol. The van der Waals surface area contributed by atoms with Crippen molar-refractivity contribution in [1.82, 2.24) is 10.2 Å². The van der Waals surface area contributed by atoms with E-state index in [9.17, 15) is 5.26 Å². The minimum absolute atomic E-state index is 0.178. The Balaban J connectivity index is 1.69. The summed E-state index contributed by atoms with van der Waals surface area (Å²) in [7, 11) is 0. The molecule has 1 aliphatic heterocycles. The molecule has 0 aliphatic carbocycles. The van der Waals surface area contributed by atoms with Gasteiger partial charge in [-0.1, -0.05) is 24.3 Å². The second-order valence-corrected chi connectivity index (χ2v) is 5.63. The Labute approximate surface area is 122 Å². The van der Waals surface area contributed by atoms with Crippen LogP contribution in [0.4, 0.5) is 0 Å². The van der Waals surface area contributed by atoms with E-state index in [1.165, 1.54) is 44.5 Å². The number of likely N-dealkylation sites (tertiary alicyclic amines) is 1. The van der Waals surface area contributed by atoms with Crippen LogP contribution in [0.5, 0.6) is 0 Å². The molecule has 3 nitrogen and oxygen atoms in total. The van der Waals surface area contributed by atoms with Gasteiger partial charge in [-0.05, 0) is 69.9 Å². The lowest BCUT2D eigenvalue weighted by Gasteiger charge is -2.16. The Kier molecular flexibility index (Phi) is 6.04. The molecule has 0 spiro atoms. The van der Waals surface area contributed by atoms with Crippen molar-refractivity contribution in [3.05, 3.63) is 35.4 Å². The van der Waals surface area contributed by atoms with Gasteiger partial charge in [-0.2, -0.15) is 5.26 Å². The van der Waals surface area contributed by atoms with Crippen LogP contribution >= 0.6 is 0 Å². The van der Waals surface area contributed by atoms with Crippen molar-refractivity contribution in [2.75, 3.05) is 26.2 Å². The van der Waals surface area contributed by atoms with Gasteiger partial charge in [-0.3, -0.25) is 5.32 Å². The molecule has 1 N–H and O–H groups in total. The molecule has 20 heavy (non-hydrogen) atoms. The maximum Gasteiger partial charge on any atom is 0.121 e. The van der Waals surface area contributed by atoms with Crippen molar-refractivity contribution in [3.63, 3.8) is 0 Å². The van der Waals surface area contributed by atoms with Crippen molar-refractivity contribution in [1.29, 1.82) is 5.26 Å². The van der Waals surface area contributed by atoms with E-state index in [0.29, 0.717) is 0 Å². The van der Waals surface area contributed by atoms with Crippen LogP contribution in [0.15, 0.2) is 24.3 Å². The molecule has 0 aromatic heterocycles. The summed E-state index contributed by atoms with van der Waals surface area (Å²) in [4.78, 5) is 2.54. The van der Waals surface area contributed by atoms with Crippen LogP contribution in [0.3, 0.4) is 0 Å².